The monoisotopic (exact) mass is 236 g/mol. The highest BCUT2D eigenvalue weighted by molar-refractivity contribution is 5.85. The highest BCUT2D eigenvalue weighted by Gasteiger charge is 2.09. The van der Waals surface area contributed by atoms with E-state index in [2.05, 4.69) is 23.7 Å². The first-order valence-electron chi connectivity index (χ1n) is 5.25. The van der Waals surface area contributed by atoms with E-state index < -0.39 is 0 Å². The van der Waals surface area contributed by atoms with Gasteiger partial charge in [0, 0.05) is 23.1 Å². The topological polar surface area (TPSA) is 41.8 Å². The number of nitrogens with two attached hydrogens (primary N) is 1. The summed E-state index contributed by atoms with van der Waals surface area (Å²) in [6.45, 7) is 3.71. The molecule has 2 nitrogen and oxygen atoms in total. The molecule has 0 aliphatic heterocycles. The van der Waals surface area contributed by atoms with Gasteiger partial charge in [-0.05, 0) is 24.5 Å². The van der Waals surface area contributed by atoms with E-state index in [4.69, 9.17) is 5.73 Å². The maximum absolute atomic E-state index is 6.12. The molecule has 0 fully saturated rings. The summed E-state index contributed by atoms with van der Waals surface area (Å²) >= 11 is 0. The highest BCUT2D eigenvalue weighted by Crippen LogP contribution is 2.25. The molecule has 0 unspecified atom stereocenters. The quantitative estimate of drug-likeness (QED) is 0.784. The Balaban J connectivity index is 0.00000128. The van der Waals surface area contributed by atoms with Gasteiger partial charge in [0.2, 0.25) is 0 Å². The van der Waals surface area contributed by atoms with Crippen molar-refractivity contribution >= 4 is 23.3 Å². The number of halogens is 1. The number of benzene rings is 1. The van der Waals surface area contributed by atoms with Crippen LogP contribution in [-0.4, -0.2) is 4.98 Å². The van der Waals surface area contributed by atoms with Crippen LogP contribution in [0.1, 0.15) is 24.4 Å². The number of aromatic nitrogens is 1. The molecule has 16 heavy (non-hydrogen) atoms. The Labute approximate surface area is 102 Å². The van der Waals surface area contributed by atoms with E-state index in [0.717, 1.165) is 18.4 Å². The second kappa shape index (κ2) is 5.73. The number of rotatable bonds is 4. The highest BCUT2D eigenvalue weighted by atomic mass is 35.5. The summed E-state index contributed by atoms with van der Waals surface area (Å²) in [5, 5.41) is 1.23. The van der Waals surface area contributed by atoms with E-state index in [1.807, 2.05) is 24.4 Å². The molecule has 3 heteroatoms. The lowest BCUT2D eigenvalue weighted by molar-refractivity contribution is 0.666. The molecule has 0 bridgehead atoms. The molecule has 1 atom stereocenters. The van der Waals surface area contributed by atoms with Gasteiger partial charge in [-0.15, -0.1) is 19.0 Å². The Morgan fingerprint density at radius 2 is 2.12 bits per heavy atom. The molecule has 0 saturated carbocycles. The fourth-order valence-electron chi connectivity index (χ4n) is 1.85. The first-order valence-corrected chi connectivity index (χ1v) is 5.25. The molecule has 0 aliphatic rings. The van der Waals surface area contributed by atoms with Crippen LogP contribution in [0.3, 0.4) is 0 Å². The molecule has 1 aromatic carbocycles. The van der Waals surface area contributed by atoms with Gasteiger partial charge in [0.1, 0.15) is 0 Å². The summed E-state index contributed by atoms with van der Waals surface area (Å²) in [6, 6.07) is 8.34. The fourth-order valence-corrected chi connectivity index (χ4v) is 1.85. The molecule has 0 radical (unpaired) electrons. The van der Waals surface area contributed by atoms with Gasteiger partial charge in [-0.1, -0.05) is 24.3 Å². The molecule has 0 aliphatic carbocycles. The zero-order valence-corrected chi connectivity index (χ0v) is 9.96. The standard InChI is InChI=1S/C13H16N2.ClH/c1-2-3-7-12(14)11-9-15-13-8-5-4-6-10(11)13;/h2,4-6,8-9,12,15H,1,3,7,14H2;1H/t12-;/m1./s1. The van der Waals surface area contributed by atoms with Gasteiger partial charge in [0.05, 0.1) is 0 Å². The van der Waals surface area contributed by atoms with Crippen LogP contribution in [0.5, 0.6) is 0 Å². The predicted molar refractivity (Wildman–Crippen MR) is 71.9 cm³/mol. The Hall–Kier alpha value is -1.25. The van der Waals surface area contributed by atoms with Crippen molar-refractivity contribution in [3.63, 3.8) is 0 Å². The molecule has 86 valence electrons. The molecule has 0 spiro atoms. The van der Waals surface area contributed by atoms with Gasteiger partial charge < -0.3 is 10.7 Å². The Kier molecular flexibility index (Phi) is 4.59. The van der Waals surface area contributed by atoms with E-state index in [9.17, 15) is 0 Å². The third kappa shape index (κ3) is 2.46. The van der Waals surface area contributed by atoms with Crippen molar-refractivity contribution in [1.29, 1.82) is 0 Å². The summed E-state index contributed by atoms with van der Waals surface area (Å²) < 4.78 is 0. The third-order valence-corrected chi connectivity index (χ3v) is 2.70. The van der Waals surface area contributed by atoms with Gasteiger partial charge in [0.15, 0.2) is 0 Å². The largest absolute Gasteiger partial charge is 0.361 e. The van der Waals surface area contributed by atoms with Crippen LogP contribution in [0, 0.1) is 0 Å². The second-order valence-corrected chi connectivity index (χ2v) is 3.76. The molecular weight excluding hydrogens is 220 g/mol. The normalized spacial score (nSPS) is 12.1. The third-order valence-electron chi connectivity index (χ3n) is 2.70. The number of fused-ring (bicyclic) bond motifs is 1. The summed E-state index contributed by atoms with van der Waals surface area (Å²) in [6.07, 6.45) is 5.83. The van der Waals surface area contributed by atoms with Crippen LogP contribution >= 0.6 is 12.4 Å². The van der Waals surface area contributed by atoms with Crippen molar-refractivity contribution < 1.29 is 0 Å². The van der Waals surface area contributed by atoms with Crippen LogP contribution in [0.2, 0.25) is 0 Å². The molecule has 3 N–H and O–H groups in total. The lowest BCUT2D eigenvalue weighted by Gasteiger charge is -2.08. The predicted octanol–water partition coefficient (Wildman–Crippen LogP) is 3.56. The molecule has 2 rings (SSSR count). The summed E-state index contributed by atoms with van der Waals surface area (Å²) in [4.78, 5) is 3.24. The molecule has 1 aromatic heterocycles. The Bertz CT molecular complexity index is 462. The Morgan fingerprint density at radius 3 is 2.88 bits per heavy atom. The van der Waals surface area contributed by atoms with Crippen molar-refractivity contribution in [2.24, 2.45) is 5.73 Å². The summed E-state index contributed by atoms with van der Waals surface area (Å²) in [5.41, 5.74) is 8.48. The van der Waals surface area contributed by atoms with E-state index in [0.29, 0.717) is 0 Å². The van der Waals surface area contributed by atoms with Crippen molar-refractivity contribution in [2.45, 2.75) is 18.9 Å². The van der Waals surface area contributed by atoms with E-state index in [-0.39, 0.29) is 18.4 Å². The zero-order chi connectivity index (χ0) is 10.7. The van der Waals surface area contributed by atoms with Crippen LogP contribution in [0.15, 0.2) is 43.1 Å². The van der Waals surface area contributed by atoms with Crippen molar-refractivity contribution in [3.8, 4) is 0 Å². The van der Waals surface area contributed by atoms with Crippen LogP contribution in [0.25, 0.3) is 10.9 Å². The minimum atomic E-state index is 0. The second-order valence-electron chi connectivity index (χ2n) is 3.76. The van der Waals surface area contributed by atoms with Gasteiger partial charge in [0.25, 0.3) is 0 Å². The maximum atomic E-state index is 6.12. The van der Waals surface area contributed by atoms with Gasteiger partial charge in [-0.25, -0.2) is 0 Å². The minimum Gasteiger partial charge on any atom is -0.361 e. The molecular formula is C13H17ClN2. The fraction of sp³-hybridized carbons (Fsp3) is 0.231. The number of hydrogen-bond donors (Lipinski definition) is 2. The summed E-state index contributed by atoms with van der Waals surface area (Å²) in [7, 11) is 0. The van der Waals surface area contributed by atoms with Crippen molar-refractivity contribution in [1.82, 2.24) is 4.98 Å². The van der Waals surface area contributed by atoms with Gasteiger partial charge in [-0.2, -0.15) is 0 Å². The molecule has 1 heterocycles. The van der Waals surface area contributed by atoms with Crippen LogP contribution < -0.4 is 5.73 Å². The molecule has 0 amide bonds. The lowest BCUT2D eigenvalue weighted by Crippen LogP contribution is -2.08. The number of hydrogen-bond acceptors (Lipinski definition) is 1. The van der Waals surface area contributed by atoms with E-state index in [1.165, 1.54) is 10.9 Å². The zero-order valence-electron chi connectivity index (χ0n) is 9.15. The van der Waals surface area contributed by atoms with E-state index >= 15 is 0 Å². The smallest absolute Gasteiger partial charge is 0.0457 e. The minimum absolute atomic E-state index is 0. The number of H-pyrrole nitrogens is 1. The number of aromatic amines is 1. The Morgan fingerprint density at radius 1 is 1.38 bits per heavy atom. The summed E-state index contributed by atoms with van der Waals surface area (Å²) in [5.74, 6) is 0. The molecule has 0 saturated heterocycles. The maximum Gasteiger partial charge on any atom is 0.0457 e. The van der Waals surface area contributed by atoms with Crippen molar-refractivity contribution in [3.05, 3.63) is 48.7 Å². The van der Waals surface area contributed by atoms with Crippen LogP contribution in [0.4, 0.5) is 0 Å². The first kappa shape index (κ1) is 12.8. The average molecular weight is 237 g/mol. The lowest BCUT2D eigenvalue weighted by atomic mass is 10.0. The van der Waals surface area contributed by atoms with Crippen molar-refractivity contribution in [2.75, 3.05) is 0 Å². The van der Waals surface area contributed by atoms with Crippen LogP contribution in [-0.2, 0) is 0 Å². The van der Waals surface area contributed by atoms with E-state index in [1.54, 1.807) is 0 Å². The SMILES string of the molecule is C=CCC[C@@H](N)c1c[nH]c2ccccc12.Cl. The number of allylic oxidation sites excluding steroid dienone is 1. The first-order chi connectivity index (χ1) is 7.33. The number of nitrogens with one attached hydrogen (secondary N) is 1. The number of para-hydroxylation sites is 1. The molecule has 2 aromatic rings. The van der Waals surface area contributed by atoms with Gasteiger partial charge in [-0.3, -0.25) is 0 Å². The van der Waals surface area contributed by atoms with Gasteiger partial charge >= 0.3 is 0 Å². The average Bonchev–Trinajstić information content (AvgIpc) is 2.69.